The van der Waals surface area contributed by atoms with Crippen molar-refractivity contribution in [1.29, 1.82) is 10.5 Å². The van der Waals surface area contributed by atoms with Crippen LogP contribution in [0.5, 0.6) is 0 Å². The molecule has 0 N–H and O–H groups in total. The fraction of sp³-hybridized carbons (Fsp3) is 0.0833. The van der Waals surface area contributed by atoms with Gasteiger partial charge in [0.1, 0.15) is 11.6 Å². The highest BCUT2D eigenvalue weighted by atomic mass is 16.1. The second-order valence-corrected chi connectivity index (χ2v) is 3.17. The topological polar surface area (TPSA) is 64.7 Å². The number of hydrogen-bond donors (Lipinski definition) is 0. The van der Waals surface area contributed by atoms with Crippen LogP contribution in [-0.4, -0.2) is 5.78 Å². The molecule has 1 aliphatic carbocycles. The summed E-state index contributed by atoms with van der Waals surface area (Å²) in [5, 5.41) is 17.5. The Morgan fingerprint density at radius 3 is 2.40 bits per heavy atom. The number of rotatable bonds is 1. The molecule has 0 heterocycles. The molecule has 2 rings (SSSR count). The number of ketones is 1. The van der Waals surface area contributed by atoms with E-state index in [-0.39, 0.29) is 17.8 Å². The maximum Gasteiger partial charge on any atom is 0.204 e. The van der Waals surface area contributed by atoms with Crippen LogP contribution >= 0.6 is 0 Å². The minimum absolute atomic E-state index is 0.103. The van der Waals surface area contributed by atoms with E-state index in [0.29, 0.717) is 11.1 Å². The van der Waals surface area contributed by atoms with Crippen LogP contribution in [0, 0.1) is 22.7 Å². The SMILES string of the molecule is N#CCC1=C(C#N)C(=O)c2ccccc21. The Bertz CT molecular complexity index is 556. The smallest absolute Gasteiger partial charge is 0.204 e. The minimum Gasteiger partial charge on any atom is -0.288 e. The average Bonchev–Trinajstić information content (AvgIpc) is 2.54. The van der Waals surface area contributed by atoms with Crippen LogP contribution < -0.4 is 0 Å². The molecule has 1 aliphatic rings. The highest BCUT2D eigenvalue weighted by molar-refractivity contribution is 6.23. The summed E-state index contributed by atoms with van der Waals surface area (Å²) in [6.07, 6.45) is 0.103. The molecule has 15 heavy (non-hydrogen) atoms. The molecule has 0 fully saturated rings. The number of Topliss-reactive ketones (excluding diaryl/α,β-unsaturated/α-hetero) is 1. The highest BCUT2D eigenvalue weighted by Gasteiger charge is 2.28. The molecular formula is C12H6N2O. The molecule has 0 radical (unpaired) electrons. The molecule has 1 aromatic rings. The molecule has 0 saturated heterocycles. The van der Waals surface area contributed by atoms with Crippen molar-refractivity contribution in [3.63, 3.8) is 0 Å². The number of benzene rings is 1. The van der Waals surface area contributed by atoms with E-state index >= 15 is 0 Å². The van der Waals surface area contributed by atoms with Gasteiger partial charge in [0.15, 0.2) is 0 Å². The highest BCUT2D eigenvalue weighted by Crippen LogP contribution is 2.34. The molecule has 0 aliphatic heterocycles. The summed E-state index contributed by atoms with van der Waals surface area (Å²) in [6.45, 7) is 0. The average molecular weight is 194 g/mol. The molecule has 0 bridgehead atoms. The molecule has 3 heteroatoms. The molecule has 0 atom stereocenters. The van der Waals surface area contributed by atoms with Gasteiger partial charge in [-0.1, -0.05) is 24.3 Å². The zero-order valence-corrected chi connectivity index (χ0v) is 7.82. The van der Waals surface area contributed by atoms with Gasteiger partial charge in [-0.2, -0.15) is 10.5 Å². The van der Waals surface area contributed by atoms with Gasteiger partial charge < -0.3 is 0 Å². The summed E-state index contributed by atoms with van der Waals surface area (Å²) in [4.78, 5) is 11.7. The first-order valence-electron chi connectivity index (χ1n) is 4.44. The van der Waals surface area contributed by atoms with Crippen LogP contribution in [0.25, 0.3) is 5.57 Å². The predicted octanol–water partition coefficient (Wildman–Crippen LogP) is 2.07. The van der Waals surface area contributed by atoms with Gasteiger partial charge in [0.25, 0.3) is 0 Å². The molecule has 3 nitrogen and oxygen atoms in total. The van der Waals surface area contributed by atoms with E-state index in [0.717, 1.165) is 5.56 Å². The fourth-order valence-corrected chi connectivity index (χ4v) is 1.73. The van der Waals surface area contributed by atoms with Crippen LogP contribution in [0.1, 0.15) is 22.3 Å². The van der Waals surface area contributed by atoms with E-state index in [1.165, 1.54) is 0 Å². The molecule has 0 aromatic heterocycles. The van der Waals surface area contributed by atoms with Crippen molar-refractivity contribution in [1.82, 2.24) is 0 Å². The number of nitriles is 2. The van der Waals surface area contributed by atoms with Gasteiger partial charge >= 0.3 is 0 Å². The van der Waals surface area contributed by atoms with Crippen LogP contribution in [0.4, 0.5) is 0 Å². The lowest BCUT2D eigenvalue weighted by Crippen LogP contribution is -1.95. The maximum atomic E-state index is 11.7. The molecule has 0 spiro atoms. The van der Waals surface area contributed by atoms with Crippen molar-refractivity contribution in [2.75, 3.05) is 0 Å². The first-order chi connectivity index (χ1) is 7.29. The third-order valence-electron chi connectivity index (χ3n) is 2.39. The Hall–Kier alpha value is -2.39. The molecule has 0 saturated carbocycles. The molecule has 0 unspecified atom stereocenters. The van der Waals surface area contributed by atoms with Gasteiger partial charge in [-0.05, 0) is 11.1 Å². The summed E-state index contributed by atoms with van der Waals surface area (Å²) in [5.41, 5.74) is 1.92. The van der Waals surface area contributed by atoms with Crippen molar-refractivity contribution in [2.24, 2.45) is 0 Å². The second kappa shape index (κ2) is 3.40. The summed E-state index contributed by atoms with van der Waals surface area (Å²) < 4.78 is 0. The van der Waals surface area contributed by atoms with Crippen LogP contribution in [-0.2, 0) is 0 Å². The van der Waals surface area contributed by atoms with Gasteiger partial charge in [-0.15, -0.1) is 0 Å². The first kappa shape index (κ1) is 9.18. The van der Waals surface area contributed by atoms with Crippen LogP contribution in [0.2, 0.25) is 0 Å². The number of hydrogen-bond acceptors (Lipinski definition) is 3. The van der Waals surface area contributed by atoms with Crippen molar-refractivity contribution >= 4 is 11.4 Å². The zero-order chi connectivity index (χ0) is 10.8. The fourth-order valence-electron chi connectivity index (χ4n) is 1.73. The number of nitrogens with zero attached hydrogens (tertiary/aromatic N) is 2. The third-order valence-corrected chi connectivity index (χ3v) is 2.39. The lowest BCUT2D eigenvalue weighted by molar-refractivity contribution is 0.104. The van der Waals surface area contributed by atoms with Gasteiger partial charge in [0, 0.05) is 5.56 Å². The van der Waals surface area contributed by atoms with Gasteiger partial charge in [0.05, 0.1) is 12.5 Å². The summed E-state index contributed by atoms with van der Waals surface area (Å²) in [6, 6.07) is 10.8. The number of carbonyl (C=O) groups is 1. The predicted molar refractivity (Wildman–Crippen MR) is 53.5 cm³/mol. The van der Waals surface area contributed by atoms with Crippen LogP contribution in [0.3, 0.4) is 0 Å². The number of allylic oxidation sites excluding steroid dienone is 2. The zero-order valence-electron chi connectivity index (χ0n) is 7.82. The lowest BCUT2D eigenvalue weighted by Gasteiger charge is -1.98. The van der Waals surface area contributed by atoms with E-state index in [1.54, 1.807) is 24.3 Å². The summed E-state index contributed by atoms with van der Waals surface area (Å²) in [7, 11) is 0. The van der Waals surface area contributed by atoms with E-state index in [2.05, 4.69) is 0 Å². The summed E-state index contributed by atoms with van der Waals surface area (Å²) >= 11 is 0. The van der Waals surface area contributed by atoms with E-state index in [4.69, 9.17) is 10.5 Å². The Labute approximate surface area is 86.9 Å². The van der Waals surface area contributed by atoms with E-state index in [1.807, 2.05) is 12.1 Å². The Kier molecular flexibility index (Phi) is 2.08. The molecular weight excluding hydrogens is 188 g/mol. The van der Waals surface area contributed by atoms with E-state index in [9.17, 15) is 4.79 Å². The van der Waals surface area contributed by atoms with Crippen LogP contribution in [0.15, 0.2) is 29.8 Å². The lowest BCUT2D eigenvalue weighted by atomic mass is 10.0. The van der Waals surface area contributed by atoms with Crippen molar-refractivity contribution < 1.29 is 4.79 Å². The molecule has 1 aromatic carbocycles. The number of fused-ring (bicyclic) bond motifs is 1. The van der Waals surface area contributed by atoms with Gasteiger partial charge in [0.2, 0.25) is 5.78 Å². The standard InChI is InChI=1S/C12H6N2O/c13-6-5-9-8-3-1-2-4-10(8)12(15)11(9)7-14/h1-4H,5H2. The normalized spacial score (nSPS) is 13.3. The second-order valence-electron chi connectivity index (χ2n) is 3.17. The van der Waals surface area contributed by atoms with Crippen molar-refractivity contribution in [3.05, 3.63) is 41.0 Å². The maximum absolute atomic E-state index is 11.7. The van der Waals surface area contributed by atoms with E-state index < -0.39 is 0 Å². The largest absolute Gasteiger partial charge is 0.288 e. The van der Waals surface area contributed by atoms with Gasteiger partial charge in [-0.25, -0.2) is 0 Å². The molecule has 0 amide bonds. The third kappa shape index (κ3) is 1.22. The Morgan fingerprint density at radius 2 is 1.80 bits per heavy atom. The Balaban J connectivity index is 2.68. The monoisotopic (exact) mass is 194 g/mol. The van der Waals surface area contributed by atoms with Gasteiger partial charge in [-0.3, -0.25) is 4.79 Å². The first-order valence-corrected chi connectivity index (χ1v) is 4.44. The Morgan fingerprint density at radius 1 is 1.13 bits per heavy atom. The molecule has 70 valence electrons. The minimum atomic E-state index is -0.265. The quantitative estimate of drug-likeness (QED) is 0.687. The number of carbonyl (C=O) groups excluding carboxylic acids is 1. The van der Waals surface area contributed by atoms with Crippen molar-refractivity contribution in [2.45, 2.75) is 6.42 Å². The van der Waals surface area contributed by atoms with Crippen molar-refractivity contribution in [3.8, 4) is 12.1 Å². The summed E-state index contributed by atoms with van der Waals surface area (Å²) in [5.74, 6) is -0.265.